The molecule has 2 amide bonds. The van der Waals surface area contributed by atoms with Gasteiger partial charge in [0.1, 0.15) is 23.7 Å². The average Bonchev–Trinajstić information content (AvgIpc) is 3.43. The number of aromatic nitrogens is 3. The average molecular weight is 564 g/mol. The van der Waals surface area contributed by atoms with Gasteiger partial charge in [0.05, 0.1) is 6.04 Å². The monoisotopic (exact) mass is 563 g/mol. The van der Waals surface area contributed by atoms with Crippen molar-refractivity contribution in [1.29, 1.82) is 0 Å². The van der Waals surface area contributed by atoms with Crippen molar-refractivity contribution >= 4 is 23.4 Å². The Morgan fingerprint density at radius 2 is 2.00 bits per heavy atom. The summed E-state index contributed by atoms with van der Waals surface area (Å²) < 4.78 is 34.4. The lowest BCUT2D eigenvalue weighted by atomic mass is 9.78. The van der Waals surface area contributed by atoms with Crippen LogP contribution in [0.15, 0.2) is 12.1 Å². The maximum atomic E-state index is 14.0. The molecule has 1 aliphatic carbocycles. The van der Waals surface area contributed by atoms with Crippen molar-refractivity contribution in [1.82, 2.24) is 24.8 Å². The van der Waals surface area contributed by atoms with E-state index >= 15 is 0 Å². The number of benzene rings is 1. The van der Waals surface area contributed by atoms with Crippen LogP contribution >= 0.6 is 11.6 Å². The van der Waals surface area contributed by atoms with E-state index < -0.39 is 12.5 Å². The van der Waals surface area contributed by atoms with Crippen LogP contribution < -0.4 is 4.74 Å². The number of fused-ring (bicyclic) bond motifs is 1. The van der Waals surface area contributed by atoms with Crippen molar-refractivity contribution in [2.24, 2.45) is 24.8 Å². The maximum absolute atomic E-state index is 14.0. The second-order valence-corrected chi connectivity index (χ2v) is 11.8. The highest BCUT2D eigenvalue weighted by Gasteiger charge is 2.41. The minimum atomic E-state index is -2.75. The molecule has 2 fully saturated rings. The molecule has 1 saturated heterocycles. The quantitative estimate of drug-likeness (QED) is 0.468. The molecule has 212 valence electrons. The van der Waals surface area contributed by atoms with Crippen molar-refractivity contribution in [2.75, 3.05) is 19.6 Å². The van der Waals surface area contributed by atoms with E-state index in [0.29, 0.717) is 49.2 Å². The summed E-state index contributed by atoms with van der Waals surface area (Å²) in [4.78, 5) is 30.6. The molecule has 0 radical (unpaired) electrons. The minimum absolute atomic E-state index is 0.0519. The van der Waals surface area contributed by atoms with Gasteiger partial charge in [-0.3, -0.25) is 9.59 Å². The molecule has 0 bridgehead atoms. The number of carbonyl (C=O) groups excluding carboxylic acids is 2. The van der Waals surface area contributed by atoms with Crippen LogP contribution in [0.25, 0.3) is 0 Å². The predicted molar refractivity (Wildman–Crippen MR) is 141 cm³/mol. The molecule has 2 aromatic rings. The molecule has 4 atom stereocenters. The SMILES string of the molecule is C[C@@H]1CC(=O)N(C[C@@H]2c3c(OCc4nnn(C)c4C(F)F)ccc(Cl)c3CCN2C(=O)[C@@H]2CCCC[C@@H]2C)C1. The zero-order chi connectivity index (χ0) is 27.8. The van der Waals surface area contributed by atoms with Gasteiger partial charge in [-0.15, -0.1) is 5.10 Å². The number of hydrogen-bond donors (Lipinski definition) is 0. The van der Waals surface area contributed by atoms with Crippen LogP contribution in [0.1, 0.15) is 80.9 Å². The van der Waals surface area contributed by atoms with Crippen molar-refractivity contribution in [3.05, 3.63) is 39.7 Å². The van der Waals surface area contributed by atoms with Crippen molar-refractivity contribution in [3.63, 3.8) is 0 Å². The third-order valence-electron chi connectivity index (χ3n) is 8.60. The predicted octanol–water partition coefficient (Wildman–Crippen LogP) is 5.11. The molecule has 0 unspecified atom stereocenters. The van der Waals surface area contributed by atoms with E-state index in [4.69, 9.17) is 16.3 Å². The summed E-state index contributed by atoms with van der Waals surface area (Å²) in [6.07, 6.45) is 2.33. The lowest BCUT2D eigenvalue weighted by molar-refractivity contribution is -0.143. The molecule has 5 rings (SSSR count). The summed E-state index contributed by atoms with van der Waals surface area (Å²) in [5.41, 5.74) is 1.37. The van der Waals surface area contributed by atoms with Gasteiger partial charge in [-0.05, 0) is 48.8 Å². The number of rotatable bonds is 7. The van der Waals surface area contributed by atoms with E-state index in [0.717, 1.165) is 41.5 Å². The Morgan fingerprint density at radius 1 is 1.23 bits per heavy atom. The summed E-state index contributed by atoms with van der Waals surface area (Å²) in [6, 6.07) is 3.01. The number of ether oxygens (including phenoxy) is 1. The Morgan fingerprint density at radius 3 is 2.69 bits per heavy atom. The highest BCUT2D eigenvalue weighted by atomic mass is 35.5. The van der Waals surface area contributed by atoms with Crippen LogP contribution in [-0.4, -0.2) is 56.2 Å². The molecular formula is C28H36ClF2N5O3. The number of nitrogens with zero attached hydrogens (tertiary/aromatic N) is 5. The van der Waals surface area contributed by atoms with Gasteiger partial charge in [0, 0.05) is 49.6 Å². The van der Waals surface area contributed by atoms with E-state index in [1.165, 1.54) is 7.05 Å². The molecule has 1 aromatic carbocycles. The Hall–Kier alpha value is -2.75. The summed E-state index contributed by atoms with van der Waals surface area (Å²) in [5.74, 6) is 1.10. The maximum Gasteiger partial charge on any atom is 0.282 e. The van der Waals surface area contributed by atoms with Crippen LogP contribution in [0, 0.1) is 17.8 Å². The number of likely N-dealkylation sites (tertiary alicyclic amines) is 1. The van der Waals surface area contributed by atoms with E-state index in [1.807, 2.05) is 16.7 Å². The van der Waals surface area contributed by atoms with Gasteiger partial charge in [0.2, 0.25) is 11.8 Å². The first kappa shape index (κ1) is 27.8. The van der Waals surface area contributed by atoms with Gasteiger partial charge >= 0.3 is 0 Å². The highest BCUT2D eigenvalue weighted by molar-refractivity contribution is 6.31. The summed E-state index contributed by atoms with van der Waals surface area (Å²) in [7, 11) is 1.42. The molecule has 3 aliphatic rings. The number of hydrogen-bond acceptors (Lipinski definition) is 5. The van der Waals surface area contributed by atoms with E-state index in [1.54, 1.807) is 12.1 Å². The molecule has 3 heterocycles. The second kappa shape index (κ2) is 11.4. The fourth-order valence-electron chi connectivity index (χ4n) is 6.53. The van der Waals surface area contributed by atoms with Crippen LogP contribution in [0.2, 0.25) is 5.02 Å². The molecule has 8 nitrogen and oxygen atoms in total. The number of halogens is 3. The van der Waals surface area contributed by atoms with Gasteiger partial charge < -0.3 is 14.5 Å². The molecule has 1 aromatic heterocycles. The zero-order valence-electron chi connectivity index (χ0n) is 22.7. The van der Waals surface area contributed by atoms with Crippen LogP contribution in [0.4, 0.5) is 8.78 Å². The number of amides is 2. The molecule has 39 heavy (non-hydrogen) atoms. The largest absolute Gasteiger partial charge is 0.487 e. The van der Waals surface area contributed by atoms with Crippen molar-refractivity contribution in [3.8, 4) is 5.75 Å². The first-order chi connectivity index (χ1) is 18.7. The van der Waals surface area contributed by atoms with Crippen molar-refractivity contribution < 1.29 is 23.1 Å². The molecule has 1 saturated carbocycles. The number of aryl methyl sites for hydroxylation is 1. The van der Waals surface area contributed by atoms with Gasteiger partial charge in [-0.1, -0.05) is 43.5 Å². The van der Waals surface area contributed by atoms with Crippen LogP contribution in [0.3, 0.4) is 0 Å². The molecule has 11 heteroatoms. The first-order valence-corrected chi connectivity index (χ1v) is 14.2. The molecule has 2 aliphatic heterocycles. The van der Waals surface area contributed by atoms with E-state index in [-0.39, 0.29) is 41.6 Å². The minimum Gasteiger partial charge on any atom is -0.487 e. The Balaban J connectivity index is 1.51. The zero-order valence-corrected chi connectivity index (χ0v) is 23.5. The van der Waals surface area contributed by atoms with Crippen LogP contribution in [-0.2, 0) is 29.7 Å². The Labute approximate surface area is 232 Å². The highest BCUT2D eigenvalue weighted by Crippen LogP contribution is 2.43. The van der Waals surface area contributed by atoms with Gasteiger partial charge in [0.15, 0.2) is 0 Å². The van der Waals surface area contributed by atoms with Crippen LogP contribution in [0.5, 0.6) is 5.75 Å². The van der Waals surface area contributed by atoms with E-state index in [2.05, 4.69) is 17.2 Å². The Bertz CT molecular complexity index is 1240. The van der Waals surface area contributed by atoms with Crippen molar-refractivity contribution in [2.45, 2.75) is 71.4 Å². The van der Waals surface area contributed by atoms with Gasteiger partial charge in [-0.25, -0.2) is 13.5 Å². The topological polar surface area (TPSA) is 80.6 Å². The van der Waals surface area contributed by atoms with Gasteiger partial charge in [0.25, 0.3) is 6.43 Å². The normalized spacial score (nSPS) is 25.4. The molecular weight excluding hydrogens is 528 g/mol. The third kappa shape index (κ3) is 5.49. The fourth-order valence-corrected chi connectivity index (χ4v) is 6.79. The Kier molecular flexibility index (Phi) is 8.12. The standard InChI is InChI=1S/C28H36ClF2N5O3/c1-16-12-24(37)35(13-16)14-22-25-19(10-11-36(22)28(38)18-7-5-4-6-17(18)2)20(29)8-9-23(25)39-15-21-26(27(30)31)34(3)33-32-21/h8-9,16-18,22,27H,4-7,10-15H2,1-3H3/t16-,17+,18-,22-/m1/s1. The molecule has 0 spiro atoms. The van der Waals surface area contributed by atoms with E-state index in [9.17, 15) is 18.4 Å². The smallest absolute Gasteiger partial charge is 0.282 e. The summed E-state index contributed by atoms with van der Waals surface area (Å²) in [6.45, 7) is 5.45. The lowest BCUT2D eigenvalue weighted by Crippen LogP contribution is -2.49. The summed E-state index contributed by atoms with van der Waals surface area (Å²) in [5, 5.41) is 8.18. The number of carbonyl (C=O) groups is 2. The second-order valence-electron chi connectivity index (χ2n) is 11.3. The lowest BCUT2D eigenvalue weighted by Gasteiger charge is -2.43. The summed E-state index contributed by atoms with van der Waals surface area (Å²) >= 11 is 6.67. The van der Waals surface area contributed by atoms with Gasteiger partial charge in [-0.2, -0.15) is 0 Å². The fraction of sp³-hybridized carbons (Fsp3) is 0.643. The third-order valence-corrected chi connectivity index (χ3v) is 8.95. The molecule has 0 N–H and O–H groups in total. The first-order valence-electron chi connectivity index (χ1n) is 13.8. The number of alkyl halides is 2.